The van der Waals surface area contributed by atoms with Crippen LogP contribution in [0.4, 0.5) is 14.5 Å². The Morgan fingerprint density at radius 3 is 2.86 bits per heavy atom. The summed E-state index contributed by atoms with van der Waals surface area (Å²) >= 11 is 6.23. The molecule has 2 aromatic rings. The average molecular weight is 533 g/mol. The van der Waals surface area contributed by atoms with Gasteiger partial charge in [0.1, 0.15) is 5.75 Å². The van der Waals surface area contributed by atoms with Crippen molar-refractivity contribution in [2.24, 2.45) is 10.1 Å². The van der Waals surface area contributed by atoms with Crippen molar-refractivity contribution in [3.8, 4) is 11.9 Å². The molecular weight excluding hydrogens is 504 g/mol. The number of rotatable bonds is 8. The maximum atomic E-state index is 13.3. The van der Waals surface area contributed by atoms with Gasteiger partial charge in [-0.25, -0.2) is 10.0 Å². The third-order valence-electron chi connectivity index (χ3n) is 5.71. The number of carbonyl (C=O) groups is 1. The number of amides is 1. The van der Waals surface area contributed by atoms with E-state index in [0.29, 0.717) is 17.3 Å². The second kappa shape index (κ2) is 12.5. The zero-order valence-electron chi connectivity index (χ0n) is 21.6. The Bertz CT molecular complexity index is 1250. The Morgan fingerprint density at radius 2 is 2.22 bits per heavy atom. The van der Waals surface area contributed by atoms with Crippen molar-refractivity contribution in [2.45, 2.75) is 39.5 Å². The van der Waals surface area contributed by atoms with Crippen molar-refractivity contribution in [3.05, 3.63) is 58.6 Å². The molecule has 0 saturated heterocycles. The monoisotopic (exact) mass is 532 g/mol. The molecular formula is C25H28ClF2N7O2. The van der Waals surface area contributed by atoms with Gasteiger partial charge in [-0.05, 0) is 57.6 Å². The van der Waals surface area contributed by atoms with Crippen LogP contribution in [0.15, 0.2) is 52.6 Å². The fourth-order valence-electron chi connectivity index (χ4n) is 3.84. The first kappa shape index (κ1) is 26.3. The van der Waals surface area contributed by atoms with Gasteiger partial charge >= 0.3 is 6.61 Å². The van der Waals surface area contributed by atoms with Crippen molar-refractivity contribution in [3.63, 3.8) is 0 Å². The van der Waals surface area contributed by atoms with Crippen LogP contribution in [0.25, 0.3) is 0 Å². The number of halogens is 3. The molecule has 0 bridgehead atoms. The number of hydrazone groups is 1. The molecule has 12 heteroatoms. The molecule has 2 atom stereocenters. The number of nitrogens with one attached hydrogen (secondary N) is 2. The first-order chi connectivity index (χ1) is 18.2. The highest BCUT2D eigenvalue weighted by Crippen LogP contribution is 2.26. The Balaban J connectivity index is 2.05. The van der Waals surface area contributed by atoms with E-state index in [1.54, 1.807) is 30.0 Å². The summed E-state index contributed by atoms with van der Waals surface area (Å²) in [6.07, 6.45) is 1.83. The maximum Gasteiger partial charge on any atom is 0.387 e. The van der Waals surface area contributed by atoms with E-state index in [2.05, 4.69) is 20.4 Å². The normalized spacial score (nSPS) is 16.6. The van der Waals surface area contributed by atoms with Crippen molar-refractivity contribution in [1.82, 2.24) is 20.5 Å². The van der Waals surface area contributed by atoms with Gasteiger partial charge in [-0.15, -0.1) is 0 Å². The molecule has 37 heavy (non-hydrogen) atoms. The Labute approximate surface area is 220 Å². The van der Waals surface area contributed by atoms with E-state index >= 15 is 0 Å². The molecule has 1 aliphatic heterocycles. The lowest BCUT2D eigenvalue weighted by Gasteiger charge is -2.31. The predicted molar refractivity (Wildman–Crippen MR) is 138 cm³/mol. The SMILES string of the molecule is [2H]CN[C@@H](C)C(=O)N(CC)C1CN(C(=Nc2cccc(OC(F)F)c2)NC#N)N=C1c1ccc(Cl)c(C)c1. The van der Waals surface area contributed by atoms with Gasteiger partial charge in [0.15, 0.2) is 6.19 Å². The number of ether oxygens (including phenoxy) is 1. The lowest BCUT2D eigenvalue weighted by atomic mass is 10.00. The fraction of sp³-hybridized carbons (Fsp3) is 0.360. The van der Waals surface area contributed by atoms with Crippen molar-refractivity contribution in [2.75, 3.05) is 20.1 Å². The lowest BCUT2D eigenvalue weighted by Crippen LogP contribution is -2.52. The van der Waals surface area contributed by atoms with Gasteiger partial charge in [0.2, 0.25) is 11.9 Å². The molecule has 2 N–H and O–H groups in total. The van der Waals surface area contributed by atoms with Crippen LogP contribution in [-0.4, -0.2) is 66.3 Å². The fourth-order valence-corrected chi connectivity index (χ4v) is 3.96. The van der Waals surface area contributed by atoms with Gasteiger partial charge in [0.25, 0.3) is 0 Å². The Hall–Kier alpha value is -3.75. The van der Waals surface area contributed by atoms with Gasteiger partial charge in [0, 0.05) is 24.6 Å². The molecule has 3 rings (SSSR count). The Kier molecular flexibility index (Phi) is 8.87. The highest BCUT2D eigenvalue weighted by molar-refractivity contribution is 6.31. The van der Waals surface area contributed by atoms with Crippen LogP contribution < -0.4 is 15.4 Å². The van der Waals surface area contributed by atoms with Crippen LogP contribution in [0.5, 0.6) is 5.75 Å². The first-order valence-electron chi connectivity index (χ1n) is 12.1. The number of hydrogen-bond donors (Lipinski definition) is 2. The number of aliphatic imine (C=N–C) groups is 1. The molecule has 1 amide bonds. The van der Waals surface area contributed by atoms with Crippen LogP contribution in [-0.2, 0) is 4.79 Å². The summed E-state index contributed by atoms with van der Waals surface area (Å²) in [5.41, 5.74) is 2.36. The van der Waals surface area contributed by atoms with Crippen molar-refractivity contribution < 1.29 is 19.7 Å². The van der Waals surface area contributed by atoms with Gasteiger partial charge in [-0.2, -0.15) is 19.1 Å². The number of nitrogens with zero attached hydrogens (tertiary/aromatic N) is 5. The predicted octanol–water partition coefficient (Wildman–Crippen LogP) is 3.85. The third-order valence-corrected chi connectivity index (χ3v) is 6.13. The van der Waals surface area contributed by atoms with Crippen LogP contribution >= 0.6 is 11.6 Å². The smallest absolute Gasteiger partial charge is 0.387 e. The van der Waals surface area contributed by atoms with E-state index in [1.165, 1.54) is 23.2 Å². The number of likely N-dealkylation sites (N-methyl/N-ethyl adjacent to an activating group) is 2. The number of aryl methyl sites for hydroxylation is 1. The second-order valence-corrected chi connectivity index (χ2v) is 8.55. The van der Waals surface area contributed by atoms with Crippen LogP contribution in [0, 0.1) is 18.4 Å². The highest BCUT2D eigenvalue weighted by atomic mass is 35.5. The van der Waals surface area contributed by atoms with Crippen LogP contribution in [0.2, 0.25) is 5.02 Å². The van der Waals surface area contributed by atoms with Gasteiger partial charge < -0.3 is 15.0 Å². The van der Waals surface area contributed by atoms with Crippen molar-refractivity contribution >= 4 is 34.9 Å². The minimum absolute atomic E-state index is 0.0354. The molecule has 196 valence electrons. The van der Waals surface area contributed by atoms with E-state index in [0.717, 1.165) is 11.1 Å². The molecule has 0 aliphatic carbocycles. The molecule has 9 nitrogen and oxygen atoms in total. The average Bonchev–Trinajstić information content (AvgIpc) is 3.31. The minimum Gasteiger partial charge on any atom is -0.435 e. The van der Waals surface area contributed by atoms with Gasteiger partial charge in [-0.1, -0.05) is 23.7 Å². The maximum absolute atomic E-state index is 13.3. The standard InChI is InChI=1S/C25H28ClF2N7O2/c1-5-34(23(36)16(3)30-4)21-13-35(33-22(21)17-9-10-20(26)15(2)11-17)25(31-14-29)32-18-7-6-8-19(12-18)37-24(27)28/h6-12,16,21,24,30H,5,13H2,1-4H3,(H,31,32)/t16-,21?/m0/s1/i4D. The van der Waals surface area contributed by atoms with E-state index < -0.39 is 18.7 Å². The number of hydrogen-bond acceptors (Lipinski definition) is 6. The highest BCUT2D eigenvalue weighted by Gasteiger charge is 2.37. The molecule has 0 radical (unpaired) electrons. The van der Waals surface area contributed by atoms with E-state index in [1.807, 2.05) is 26.1 Å². The lowest BCUT2D eigenvalue weighted by molar-refractivity contribution is -0.133. The third kappa shape index (κ3) is 6.72. The molecule has 0 aromatic heterocycles. The zero-order chi connectivity index (χ0) is 27.8. The summed E-state index contributed by atoms with van der Waals surface area (Å²) in [5, 5.41) is 21.5. The number of benzene rings is 2. The van der Waals surface area contributed by atoms with Crippen LogP contribution in [0.1, 0.15) is 26.3 Å². The summed E-state index contributed by atoms with van der Waals surface area (Å²) < 4.78 is 37.2. The second-order valence-electron chi connectivity index (χ2n) is 8.15. The molecule has 0 spiro atoms. The summed E-state index contributed by atoms with van der Waals surface area (Å²) in [6, 6.07) is 10.0. The minimum atomic E-state index is -3.00. The molecule has 1 unspecified atom stereocenters. The summed E-state index contributed by atoms with van der Waals surface area (Å²) in [4.78, 5) is 19.3. The number of carbonyl (C=O) groups excluding carboxylic acids is 1. The van der Waals surface area contributed by atoms with Gasteiger partial charge in [-0.3, -0.25) is 10.1 Å². The van der Waals surface area contributed by atoms with Crippen molar-refractivity contribution in [1.29, 1.82) is 5.26 Å². The first-order valence-corrected chi connectivity index (χ1v) is 11.8. The largest absolute Gasteiger partial charge is 0.435 e. The molecule has 1 aliphatic rings. The molecule has 1 heterocycles. The number of guanidine groups is 1. The molecule has 0 saturated carbocycles. The summed E-state index contributed by atoms with van der Waals surface area (Å²) in [6.45, 7) is 2.91. The quantitative estimate of drug-likeness (QED) is 0.231. The molecule has 0 fully saturated rings. The number of alkyl halides is 2. The van der Waals surface area contributed by atoms with E-state index in [-0.39, 0.29) is 36.9 Å². The van der Waals surface area contributed by atoms with Gasteiger partial charge in [0.05, 0.1) is 30.0 Å². The summed E-state index contributed by atoms with van der Waals surface area (Å²) in [7, 11) is -0.115. The number of nitriles is 1. The van der Waals surface area contributed by atoms with E-state index in [9.17, 15) is 18.8 Å². The molecule has 2 aromatic carbocycles. The zero-order valence-corrected chi connectivity index (χ0v) is 21.3. The Morgan fingerprint density at radius 1 is 1.43 bits per heavy atom. The topological polar surface area (TPSA) is 105 Å². The van der Waals surface area contributed by atoms with Crippen LogP contribution in [0.3, 0.4) is 0 Å². The summed E-state index contributed by atoms with van der Waals surface area (Å²) in [5.74, 6) is -0.266. The van der Waals surface area contributed by atoms with E-state index in [4.69, 9.17) is 18.1 Å².